The summed E-state index contributed by atoms with van der Waals surface area (Å²) in [4.78, 5) is 37.1. The largest absolute Gasteiger partial charge is 0.494 e. The van der Waals surface area contributed by atoms with Crippen LogP contribution in [0.3, 0.4) is 0 Å². The third kappa shape index (κ3) is 8.81. The van der Waals surface area contributed by atoms with Gasteiger partial charge < -0.3 is 24.3 Å². The Balaban J connectivity index is 1.62. The second-order valence-corrected chi connectivity index (χ2v) is 8.00. The van der Waals surface area contributed by atoms with Crippen LogP contribution in [0.25, 0.3) is 0 Å². The number of aryl methyl sites for hydroxylation is 1. The van der Waals surface area contributed by atoms with Crippen LogP contribution < -0.4 is 14.8 Å². The molecule has 3 aromatic carbocycles. The Morgan fingerprint density at radius 2 is 1.50 bits per heavy atom. The molecule has 3 aromatic rings. The molecule has 3 rings (SSSR count). The number of benzene rings is 3. The van der Waals surface area contributed by atoms with Crippen molar-refractivity contribution in [1.29, 1.82) is 0 Å². The van der Waals surface area contributed by atoms with Crippen LogP contribution in [-0.4, -0.2) is 37.7 Å². The number of rotatable bonds is 13. The Morgan fingerprint density at radius 3 is 2.21 bits per heavy atom. The summed E-state index contributed by atoms with van der Waals surface area (Å²) in [6.45, 7) is 4.07. The molecule has 0 unspecified atom stereocenters. The molecule has 0 heterocycles. The maximum atomic E-state index is 12.9. The molecule has 0 bridgehead atoms. The number of para-hydroxylation sites is 2. The van der Waals surface area contributed by atoms with Crippen LogP contribution in [0.4, 0.5) is 5.69 Å². The standard InChI is InChI=1S/C30H31NO7/c1-3-35-28(32)21-27(30(34)36-4-2)38-26-15-9-8-14-25(26)31-29(33)23-16-18-24(19-17-23)37-20-10-13-22-11-6-5-7-12-22/h5-9,11-12,14-19,21H,3-4,10,13,20H2,1-2H3,(H,31,33)/b27-21+. The van der Waals surface area contributed by atoms with E-state index in [0.717, 1.165) is 18.9 Å². The van der Waals surface area contributed by atoms with Crippen molar-refractivity contribution in [3.8, 4) is 11.5 Å². The number of carbonyl (C=O) groups is 3. The zero-order chi connectivity index (χ0) is 27.2. The molecule has 0 saturated heterocycles. The van der Waals surface area contributed by atoms with Crippen molar-refractivity contribution in [3.63, 3.8) is 0 Å². The molecule has 38 heavy (non-hydrogen) atoms. The van der Waals surface area contributed by atoms with E-state index in [4.69, 9.17) is 18.9 Å². The quantitative estimate of drug-likeness (QED) is 0.141. The molecule has 0 aliphatic rings. The Hall–Kier alpha value is -4.59. The zero-order valence-corrected chi connectivity index (χ0v) is 21.5. The highest BCUT2D eigenvalue weighted by Crippen LogP contribution is 2.27. The molecule has 1 N–H and O–H groups in total. The Labute approximate surface area is 222 Å². The van der Waals surface area contributed by atoms with Crippen molar-refractivity contribution in [3.05, 3.63) is 102 Å². The SMILES string of the molecule is CCOC(=O)/C=C(/Oc1ccccc1NC(=O)c1ccc(OCCCc2ccccc2)cc1)C(=O)OCC. The van der Waals surface area contributed by atoms with Gasteiger partial charge in [-0.3, -0.25) is 4.79 Å². The van der Waals surface area contributed by atoms with E-state index < -0.39 is 11.9 Å². The lowest BCUT2D eigenvalue weighted by atomic mass is 10.1. The number of ether oxygens (including phenoxy) is 4. The summed E-state index contributed by atoms with van der Waals surface area (Å²) in [5.74, 6) is -1.51. The summed E-state index contributed by atoms with van der Waals surface area (Å²) in [5.41, 5.74) is 1.97. The van der Waals surface area contributed by atoms with Gasteiger partial charge in [0.15, 0.2) is 5.75 Å². The molecule has 0 aliphatic carbocycles. The minimum atomic E-state index is -0.832. The number of hydrogen-bond donors (Lipinski definition) is 1. The van der Waals surface area contributed by atoms with Gasteiger partial charge in [0.2, 0.25) is 5.76 Å². The molecule has 0 atom stereocenters. The van der Waals surface area contributed by atoms with E-state index in [9.17, 15) is 14.4 Å². The van der Waals surface area contributed by atoms with Crippen LogP contribution in [0.2, 0.25) is 0 Å². The van der Waals surface area contributed by atoms with Crippen LogP contribution in [-0.2, 0) is 25.5 Å². The molecule has 8 nitrogen and oxygen atoms in total. The average molecular weight is 518 g/mol. The lowest BCUT2D eigenvalue weighted by molar-refractivity contribution is -0.143. The lowest BCUT2D eigenvalue weighted by Crippen LogP contribution is -2.17. The summed E-state index contributed by atoms with van der Waals surface area (Å²) < 4.78 is 21.3. The molecular weight excluding hydrogens is 486 g/mol. The van der Waals surface area contributed by atoms with Crippen molar-refractivity contribution in [2.45, 2.75) is 26.7 Å². The van der Waals surface area contributed by atoms with Gasteiger partial charge in [-0.05, 0) is 68.7 Å². The van der Waals surface area contributed by atoms with Crippen LogP contribution in [0.5, 0.6) is 11.5 Å². The topological polar surface area (TPSA) is 100 Å². The number of nitrogens with one attached hydrogen (secondary N) is 1. The fraction of sp³-hybridized carbons (Fsp3) is 0.233. The smallest absolute Gasteiger partial charge is 0.374 e. The fourth-order valence-electron chi connectivity index (χ4n) is 3.41. The van der Waals surface area contributed by atoms with Crippen LogP contribution in [0.1, 0.15) is 36.2 Å². The molecule has 0 radical (unpaired) electrons. The first-order chi connectivity index (χ1) is 18.5. The van der Waals surface area contributed by atoms with Gasteiger partial charge in [-0.25, -0.2) is 9.59 Å². The monoisotopic (exact) mass is 517 g/mol. The second kappa shape index (κ2) is 14.8. The van der Waals surface area contributed by atoms with Gasteiger partial charge in [0.25, 0.3) is 5.91 Å². The third-order valence-electron chi connectivity index (χ3n) is 5.21. The normalized spacial score (nSPS) is 10.8. The van der Waals surface area contributed by atoms with E-state index in [-0.39, 0.29) is 30.6 Å². The van der Waals surface area contributed by atoms with Gasteiger partial charge in [0.1, 0.15) is 5.75 Å². The van der Waals surface area contributed by atoms with Gasteiger partial charge in [-0.1, -0.05) is 42.5 Å². The van der Waals surface area contributed by atoms with E-state index in [1.807, 2.05) is 18.2 Å². The minimum Gasteiger partial charge on any atom is -0.494 e. The predicted molar refractivity (Wildman–Crippen MR) is 143 cm³/mol. The van der Waals surface area contributed by atoms with Crippen molar-refractivity contribution in [1.82, 2.24) is 0 Å². The molecule has 1 amide bonds. The molecule has 0 saturated carbocycles. The summed E-state index contributed by atoms with van der Waals surface area (Å²) in [6.07, 6.45) is 2.72. The van der Waals surface area contributed by atoms with Crippen molar-refractivity contribution in [2.24, 2.45) is 0 Å². The van der Waals surface area contributed by atoms with E-state index in [2.05, 4.69) is 17.4 Å². The highest BCUT2D eigenvalue weighted by molar-refractivity contribution is 6.05. The third-order valence-corrected chi connectivity index (χ3v) is 5.21. The Morgan fingerprint density at radius 1 is 0.816 bits per heavy atom. The first kappa shape index (κ1) is 28.0. The van der Waals surface area contributed by atoms with Gasteiger partial charge in [0, 0.05) is 5.56 Å². The second-order valence-electron chi connectivity index (χ2n) is 8.00. The highest BCUT2D eigenvalue weighted by Gasteiger charge is 2.19. The van der Waals surface area contributed by atoms with E-state index in [0.29, 0.717) is 23.6 Å². The summed E-state index contributed by atoms with van der Waals surface area (Å²) in [5, 5.41) is 2.77. The van der Waals surface area contributed by atoms with Crippen LogP contribution >= 0.6 is 0 Å². The van der Waals surface area contributed by atoms with Gasteiger partial charge in [-0.2, -0.15) is 0 Å². The van der Waals surface area contributed by atoms with Crippen molar-refractivity contribution in [2.75, 3.05) is 25.1 Å². The van der Waals surface area contributed by atoms with Crippen molar-refractivity contribution >= 4 is 23.5 Å². The molecule has 8 heteroatoms. The van der Waals surface area contributed by atoms with Crippen molar-refractivity contribution < 1.29 is 33.3 Å². The highest BCUT2D eigenvalue weighted by atomic mass is 16.6. The van der Waals surface area contributed by atoms with Crippen LogP contribution in [0, 0.1) is 0 Å². The lowest BCUT2D eigenvalue weighted by Gasteiger charge is -2.14. The molecule has 0 fully saturated rings. The molecule has 0 aliphatic heterocycles. The predicted octanol–water partition coefficient (Wildman–Crippen LogP) is 5.34. The number of esters is 2. The summed E-state index contributed by atoms with van der Waals surface area (Å²) in [7, 11) is 0. The molecular formula is C30H31NO7. The van der Waals surface area contributed by atoms with E-state index in [1.54, 1.807) is 62.4 Å². The molecule has 0 aromatic heterocycles. The van der Waals surface area contributed by atoms with Gasteiger partial charge in [-0.15, -0.1) is 0 Å². The first-order valence-electron chi connectivity index (χ1n) is 12.4. The minimum absolute atomic E-state index is 0.0908. The van der Waals surface area contributed by atoms with E-state index >= 15 is 0 Å². The number of carbonyl (C=O) groups excluding carboxylic acids is 3. The van der Waals surface area contributed by atoms with E-state index in [1.165, 1.54) is 5.56 Å². The fourth-order valence-corrected chi connectivity index (χ4v) is 3.41. The number of hydrogen-bond acceptors (Lipinski definition) is 7. The Kier molecular flexibility index (Phi) is 10.9. The average Bonchev–Trinajstić information content (AvgIpc) is 2.93. The molecule has 0 spiro atoms. The maximum absolute atomic E-state index is 12.9. The van der Waals surface area contributed by atoms with Gasteiger partial charge in [0.05, 0.1) is 31.6 Å². The number of amides is 1. The maximum Gasteiger partial charge on any atom is 0.374 e. The Bertz CT molecular complexity index is 1240. The van der Waals surface area contributed by atoms with Gasteiger partial charge >= 0.3 is 11.9 Å². The zero-order valence-electron chi connectivity index (χ0n) is 21.5. The summed E-state index contributed by atoms with van der Waals surface area (Å²) in [6, 6.07) is 23.5. The number of anilines is 1. The van der Waals surface area contributed by atoms with Crippen LogP contribution in [0.15, 0.2) is 90.7 Å². The molecule has 198 valence electrons. The first-order valence-corrected chi connectivity index (χ1v) is 12.4. The summed E-state index contributed by atoms with van der Waals surface area (Å²) >= 11 is 0.